The summed E-state index contributed by atoms with van der Waals surface area (Å²) >= 11 is 0. The largest absolute Gasteiger partial charge is 0.447 e. The second-order valence-corrected chi connectivity index (χ2v) is 4.71. The molecule has 2 fully saturated rings. The summed E-state index contributed by atoms with van der Waals surface area (Å²) in [7, 11) is 0. The number of carbonyl (C=O) groups excluding carboxylic acids is 1. The maximum absolute atomic E-state index is 11.0. The molecule has 1 saturated carbocycles. The van der Waals surface area contributed by atoms with Crippen molar-refractivity contribution in [3.63, 3.8) is 0 Å². The molecule has 2 aliphatic rings. The molecule has 1 heterocycles. The van der Waals surface area contributed by atoms with E-state index < -0.39 is 0 Å². The average molecular weight is 197 g/mol. The van der Waals surface area contributed by atoms with Crippen LogP contribution >= 0.6 is 0 Å². The van der Waals surface area contributed by atoms with Crippen molar-refractivity contribution in [3.8, 4) is 0 Å². The number of rotatable bonds is 2. The molecule has 3 nitrogen and oxygen atoms in total. The number of alkyl carbamates (subject to hydrolysis) is 1. The van der Waals surface area contributed by atoms with E-state index in [0.717, 1.165) is 18.8 Å². The van der Waals surface area contributed by atoms with Crippen molar-refractivity contribution in [2.24, 2.45) is 5.92 Å². The number of cyclic esters (lactones) is 1. The van der Waals surface area contributed by atoms with Crippen molar-refractivity contribution >= 4 is 6.09 Å². The Balaban J connectivity index is 1.86. The van der Waals surface area contributed by atoms with Crippen molar-refractivity contribution in [1.82, 2.24) is 5.32 Å². The minimum atomic E-state index is -0.223. The monoisotopic (exact) mass is 197 g/mol. The van der Waals surface area contributed by atoms with Gasteiger partial charge in [0.2, 0.25) is 0 Å². The van der Waals surface area contributed by atoms with Gasteiger partial charge in [-0.3, -0.25) is 0 Å². The Labute approximate surface area is 85.2 Å². The summed E-state index contributed by atoms with van der Waals surface area (Å²) in [5.41, 5.74) is 0.00131. The molecule has 80 valence electrons. The fourth-order valence-electron chi connectivity index (χ4n) is 2.69. The van der Waals surface area contributed by atoms with E-state index in [0.29, 0.717) is 6.61 Å². The van der Waals surface area contributed by atoms with Crippen LogP contribution in [0.4, 0.5) is 4.79 Å². The predicted octanol–water partition coefficient (Wildman–Crippen LogP) is 2.46. The summed E-state index contributed by atoms with van der Waals surface area (Å²) < 4.78 is 4.99. The SMILES string of the molecule is CCCC1CCC2(CC1)COC(=O)N2. The molecule has 1 N–H and O–H groups in total. The molecular formula is C11H19NO2. The van der Waals surface area contributed by atoms with Gasteiger partial charge in [0.05, 0.1) is 5.54 Å². The van der Waals surface area contributed by atoms with E-state index in [1.165, 1.54) is 25.7 Å². The van der Waals surface area contributed by atoms with Crippen LogP contribution in [-0.2, 0) is 4.74 Å². The lowest BCUT2D eigenvalue weighted by Gasteiger charge is -2.35. The van der Waals surface area contributed by atoms with Crippen LogP contribution in [0.1, 0.15) is 45.4 Å². The van der Waals surface area contributed by atoms with E-state index in [2.05, 4.69) is 12.2 Å². The molecule has 1 aliphatic carbocycles. The van der Waals surface area contributed by atoms with Crippen LogP contribution in [0.2, 0.25) is 0 Å². The molecule has 0 bridgehead atoms. The summed E-state index contributed by atoms with van der Waals surface area (Å²) in [6.07, 6.45) is 7.09. The first kappa shape index (κ1) is 9.81. The lowest BCUT2D eigenvalue weighted by Crippen LogP contribution is -2.46. The van der Waals surface area contributed by atoms with Crippen LogP contribution in [0.25, 0.3) is 0 Å². The van der Waals surface area contributed by atoms with Crippen molar-refractivity contribution in [2.45, 2.75) is 51.0 Å². The second kappa shape index (κ2) is 3.79. The number of nitrogens with one attached hydrogen (secondary N) is 1. The quantitative estimate of drug-likeness (QED) is 0.738. The molecule has 0 aromatic rings. The minimum absolute atomic E-state index is 0.00131. The fourth-order valence-corrected chi connectivity index (χ4v) is 2.69. The van der Waals surface area contributed by atoms with Crippen LogP contribution < -0.4 is 5.32 Å². The predicted molar refractivity (Wildman–Crippen MR) is 54.1 cm³/mol. The molecule has 0 unspecified atom stereocenters. The van der Waals surface area contributed by atoms with E-state index in [4.69, 9.17) is 4.74 Å². The Kier molecular flexibility index (Phi) is 2.66. The highest BCUT2D eigenvalue weighted by atomic mass is 16.6. The summed E-state index contributed by atoms with van der Waals surface area (Å²) in [5, 5.41) is 2.97. The molecule has 1 saturated heterocycles. The molecule has 0 atom stereocenters. The van der Waals surface area contributed by atoms with E-state index in [1.54, 1.807) is 0 Å². The van der Waals surface area contributed by atoms with Gasteiger partial charge in [-0.25, -0.2) is 4.79 Å². The number of carbonyl (C=O) groups is 1. The number of ether oxygens (including phenoxy) is 1. The Hall–Kier alpha value is -0.730. The first-order chi connectivity index (χ1) is 6.74. The van der Waals surface area contributed by atoms with Crippen LogP contribution in [0.15, 0.2) is 0 Å². The van der Waals surface area contributed by atoms with Gasteiger partial charge in [0.25, 0.3) is 0 Å². The van der Waals surface area contributed by atoms with Gasteiger partial charge < -0.3 is 10.1 Å². The topological polar surface area (TPSA) is 38.3 Å². The van der Waals surface area contributed by atoms with Gasteiger partial charge >= 0.3 is 6.09 Å². The second-order valence-electron chi connectivity index (χ2n) is 4.71. The molecule has 1 aliphatic heterocycles. The Bertz CT molecular complexity index is 219. The molecule has 1 amide bonds. The third-order valence-corrected chi connectivity index (χ3v) is 3.61. The maximum atomic E-state index is 11.0. The molecule has 14 heavy (non-hydrogen) atoms. The normalized spacial score (nSPS) is 36.9. The zero-order valence-electron chi connectivity index (χ0n) is 8.84. The van der Waals surface area contributed by atoms with E-state index in [9.17, 15) is 4.79 Å². The van der Waals surface area contributed by atoms with Crippen LogP contribution in [0.3, 0.4) is 0 Å². The lowest BCUT2D eigenvalue weighted by molar-refractivity contribution is 0.154. The molecule has 1 spiro atoms. The Morgan fingerprint density at radius 3 is 2.71 bits per heavy atom. The standard InChI is InChI=1S/C11H19NO2/c1-2-3-9-4-6-11(7-5-9)8-14-10(13)12-11/h9H,2-8H2,1H3,(H,12,13). The van der Waals surface area contributed by atoms with Crippen molar-refractivity contribution < 1.29 is 9.53 Å². The third-order valence-electron chi connectivity index (χ3n) is 3.61. The van der Waals surface area contributed by atoms with Crippen molar-refractivity contribution in [2.75, 3.05) is 6.61 Å². The zero-order valence-corrected chi connectivity index (χ0v) is 8.84. The van der Waals surface area contributed by atoms with E-state index in [-0.39, 0.29) is 11.6 Å². The third kappa shape index (κ3) is 1.86. The number of hydrogen-bond donors (Lipinski definition) is 1. The van der Waals surface area contributed by atoms with E-state index in [1.807, 2.05) is 0 Å². The molecule has 0 radical (unpaired) electrons. The zero-order chi connectivity index (χ0) is 10.0. The fraction of sp³-hybridized carbons (Fsp3) is 0.909. The Morgan fingerprint density at radius 2 is 2.21 bits per heavy atom. The Morgan fingerprint density at radius 1 is 1.50 bits per heavy atom. The van der Waals surface area contributed by atoms with Crippen LogP contribution in [-0.4, -0.2) is 18.2 Å². The highest BCUT2D eigenvalue weighted by Crippen LogP contribution is 2.36. The summed E-state index contributed by atoms with van der Waals surface area (Å²) in [5.74, 6) is 0.878. The van der Waals surface area contributed by atoms with Gasteiger partial charge in [-0.1, -0.05) is 19.8 Å². The molecule has 2 rings (SSSR count). The highest BCUT2D eigenvalue weighted by Gasteiger charge is 2.41. The van der Waals surface area contributed by atoms with Gasteiger partial charge in [-0.2, -0.15) is 0 Å². The lowest BCUT2D eigenvalue weighted by atomic mass is 9.76. The van der Waals surface area contributed by atoms with Crippen molar-refractivity contribution in [1.29, 1.82) is 0 Å². The summed E-state index contributed by atoms with van der Waals surface area (Å²) in [4.78, 5) is 11.0. The summed E-state index contributed by atoms with van der Waals surface area (Å²) in [6.45, 7) is 2.83. The first-order valence-electron chi connectivity index (χ1n) is 5.69. The van der Waals surface area contributed by atoms with Gasteiger partial charge in [-0.05, 0) is 31.6 Å². The van der Waals surface area contributed by atoms with Gasteiger partial charge in [-0.15, -0.1) is 0 Å². The van der Waals surface area contributed by atoms with Gasteiger partial charge in [0.1, 0.15) is 6.61 Å². The van der Waals surface area contributed by atoms with Crippen LogP contribution in [0, 0.1) is 5.92 Å². The first-order valence-corrected chi connectivity index (χ1v) is 5.69. The van der Waals surface area contributed by atoms with Crippen molar-refractivity contribution in [3.05, 3.63) is 0 Å². The summed E-state index contributed by atoms with van der Waals surface area (Å²) in [6, 6.07) is 0. The molecule has 0 aromatic carbocycles. The van der Waals surface area contributed by atoms with Gasteiger partial charge in [0.15, 0.2) is 0 Å². The highest BCUT2D eigenvalue weighted by molar-refractivity contribution is 5.70. The molecular weight excluding hydrogens is 178 g/mol. The maximum Gasteiger partial charge on any atom is 0.407 e. The number of hydrogen-bond acceptors (Lipinski definition) is 2. The number of amides is 1. The smallest absolute Gasteiger partial charge is 0.407 e. The molecule has 3 heteroatoms. The average Bonchev–Trinajstić information content (AvgIpc) is 2.53. The minimum Gasteiger partial charge on any atom is -0.447 e. The molecule has 0 aromatic heterocycles. The van der Waals surface area contributed by atoms with Gasteiger partial charge in [0, 0.05) is 0 Å². The van der Waals surface area contributed by atoms with E-state index >= 15 is 0 Å². The van der Waals surface area contributed by atoms with Crippen LogP contribution in [0.5, 0.6) is 0 Å².